The van der Waals surface area contributed by atoms with Gasteiger partial charge in [0.25, 0.3) is 0 Å². The molecule has 3 aromatic heterocycles. The average molecular weight is 803 g/mol. The lowest BCUT2D eigenvalue weighted by Crippen LogP contribution is -2.25. The van der Waals surface area contributed by atoms with Crippen molar-refractivity contribution in [3.8, 4) is 62.1 Å². The van der Waals surface area contributed by atoms with Crippen LogP contribution in [0.2, 0.25) is 0 Å². The predicted molar refractivity (Wildman–Crippen MR) is 254 cm³/mol. The van der Waals surface area contributed by atoms with E-state index in [9.17, 15) is 0 Å². The van der Waals surface area contributed by atoms with E-state index in [1.54, 1.807) is 0 Å². The highest BCUT2D eigenvalue weighted by Crippen LogP contribution is 2.63. The minimum Gasteiger partial charge on any atom is -0.456 e. The first-order valence-corrected chi connectivity index (χ1v) is 21.4. The summed E-state index contributed by atoms with van der Waals surface area (Å²) in [5.41, 5.74) is 17.6. The van der Waals surface area contributed by atoms with Crippen LogP contribution in [0, 0.1) is 0 Å². The van der Waals surface area contributed by atoms with Gasteiger partial charge in [0, 0.05) is 32.7 Å². The topological polar surface area (TPSA) is 56.7 Å². The zero-order chi connectivity index (χ0) is 41.2. The number of aromatic nitrogens is 4. The van der Waals surface area contributed by atoms with E-state index in [1.165, 1.54) is 50.1 Å². The monoisotopic (exact) mass is 802 g/mol. The SMILES string of the molecule is c1ccc(-c2ccc3oc4cc(-c5nc(-c6ccccc6)nc(-n6c7ccccc7c7cc8c(cc76)C6(c7ccccc7-c7ccccc76)c6ccccc6-8)n5)ccc4c3c2)cc1. The van der Waals surface area contributed by atoms with Crippen LogP contribution in [0.1, 0.15) is 22.3 Å². The summed E-state index contributed by atoms with van der Waals surface area (Å²) in [7, 11) is 0. The summed E-state index contributed by atoms with van der Waals surface area (Å²) in [5.74, 6) is 1.72. The van der Waals surface area contributed by atoms with Gasteiger partial charge < -0.3 is 4.42 Å². The predicted octanol–water partition coefficient (Wildman–Crippen LogP) is 14.2. The second kappa shape index (κ2) is 12.8. The zero-order valence-corrected chi connectivity index (χ0v) is 33.8. The Morgan fingerprint density at radius 3 is 1.63 bits per heavy atom. The van der Waals surface area contributed by atoms with Gasteiger partial charge in [0.1, 0.15) is 11.2 Å². The maximum atomic E-state index is 6.53. The van der Waals surface area contributed by atoms with E-state index in [1.807, 2.05) is 24.3 Å². The molecular weight excluding hydrogens is 769 g/mol. The van der Waals surface area contributed by atoms with Crippen LogP contribution < -0.4 is 0 Å². The summed E-state index contributed by atoms with van der Waals surface area (Å²) in [4.78, 5) is 15.9. The van der Waals surface area contributed by atoms with Crippen LogP contribution in [0.3, 0.4) is 0 Å². The largest absolute Gasteiger partial charge is 0.456 e. The smallest absolute Gasteiger partial charge is 0.238 e. The molecule has 0 unspecified atom stereocenters. The van der Waals surface area contributed by atoms with E-state index in [0.717, 1.165) is 60.4 Å². The number of fused-ring (bicyclic) bond motifs is 16. The van der Waals surface area contributed by atoms with E-state index in [2.05, 4.69) is 187 Å². The molecule has 12 aromatic rings. The number of rotatable bonds is 4. The summed E-state index contributed by atoms with van der Waals surface area (Å²) >= 11 is 0. The molecule has 0 saturated carbocycles. The number of nitrogens with zero attached hydrogens (tertiary/aromatic N) is 4. The summed E-state index contributed by atoms with van der Waals surface area (Å²) < 4.78 is 8.77. The Bertz CT molecular complexity index is 3820. The lowest BCUT2D eigenvalue weighted by atomic mass is 9.70. The van der Waals surface area contributed by atoms with Gasteiger partial charge in [-0.05, 0) is 98.1 Å². The van der Waals surface area contributed by atoms with Crippen molar-refractivity contribution in [2.75, 3.05) is 0 Å². The second-order valence-corrected chi connectivity index (χ2v) is 16.7. The summed E-state index contributed by atoms with van der Waals surface area (Å²) in [5, 5.41) is 4.41. The number of hydrogen-bond acceptors (Lipinski definition) is 4. The zero-order valence-electron chi connectivity index (χ0n) is 33.8. The van der Waals surface area contributed by atoms with Crippen LogP contribution >= 0.6 is 0 Å². The molecule has 0 N–H and O–H groups in total. The Hall–Kier alpha value is -8.41. The fraction of sp³-hybridized carbons (Fsp3) is 0.0172. The number of furan rings is 1. The van der Waals surface area contributed by atoms with Crippen LogP contribution in [-0.4, -0.2) is 19.5 Å². The van der Waals surface area contributed by atoms with Crippen LogP contribution in [-0.2, 0) is 5.41 Å². The maximum absolute atomic E-state index is 6.53. The van der Waals surface area contributed by atoms with Crippen molar-refractivity contribution in [1.29, 1.82) is 0 Å². The summed E-state index contributed by atoms with van der Waals surface area (Å²) in [6, 6.07) is 73.7. The fourth-order valence-electron chi connectivity index (χ4n) is 10.8. The van der Waals surface area contributed by atoms with Crippen molar-refractivity contribution in [3.05, 3.63) is 229 Å². The van der Waals surface area contributed by atoms with E-state index in [4.69, 9.17) is 19.4 Å². The molecule has 0 aliphatic heterocycles. The van der Waals surface area contributed by atoms with Crippen LogP contribution in [0.15, 0.2) is 211 Å². The minimum atomic E-state index is -0.488. The Morgan fingerprint density at radius 2 is 0.921 bits per heavy atom. The Balaban J connectivity index is 1.02. The molecule has 292 valence electrons. The second-order valence-electron chi connectivity index (χ2n) is 16.7. The molecule has 0 atom stereocenters. The molecule has 0 bridgehead atoms. The van der Waals surface area contributed by atoms with Crippen molar-refractivity contribution in [3.63, 3.8) is 0 Å². The van der Waals surface area contributed by atoms with E-state index in [-0.39, 0.29) is 0 Å². The van der Waals surface area contributed by atoms with Crippen LogP contribution in [0.25, 0.3) is 106 Å². The van der Waals surface area contributed by atoms with Crippen molar-refractivity contribution in [2.45, 2.75) is 5.41 Å². The molecule has 9 aromatic carbocycles. The Labute approximate surface area is 362 Å². The molecule has 0 radical (unpaired) electrons. The van der Waals surface area contributed by atoms with Gasteiger partial charge in [0.05, 0.1) is 16.4 Å². The van der Waals surface area contributed by atoms with Gasteiger partial charge in [-0.15, -0.1) is 0 Å². The van der Waals surface area contributed by atoms with Crippen molar-refractivity contribution in [2.24, 2.45) is 0 Å². The number of benzene rings is 9. The highest BCUT2D eigenvalue weighted by molar-refractivity contribution is 6.12. The molecule has 2 aliphatic rings. The number of para-hydroxylation sites is 1. The van der Waals surface area contributed by atoms with Crippen molar-refractivity contribution < 1.29 is 4.42 Å². The van der Waals surface area contributed by atoms with Crippen molar-refractivity contribution >= 4 is 43.7 Å². The van der Waals surface area contributed by atoms with Gasteiger partial charge in [-0.25, -0.2) is 4.98 Å². The Morgan fingerprint density at radius 1 is 0.333 bits per heavy atom. The molecule has 14 rings (SSSR count). The number of hydrogen-bond donors (Lipinski definition) is 0. The van der Waals surface area contributed by atoms with E-state index in [0.29, 0.717) is 17.6 Å². The molecule has 2 aliphatic carbocycles. The van der Waals surface area contributed by atoms with Gasteiger partial charge in [0.2, 0.25) is 5.95 Å². The molecular formula is C58H34N4O. The first kappa shape index (κ1) is 34.3. The normalized spacial score (nSPS) is 13.2. The molecule has 3 heterocycles. The highest BCUT2D eigenvalue weighted by atomic mass is 16.3. The van der Waals surface area contributed by atoms with Crippen LogP contribution in [0.5, 0.6) is 0 Å². The molecule has 63 heavy (non-hydrogen) atoms. The van der Waals surface area contributed by atoms with Gasteiger partial charge in [0.15, 0.2) is 11.6 Å². The van der Waals surface area contributed by atoms with E-state index >= 15 is 0 Å². The summed E-state index contributed by atoms with van der Waals surface area (Å²) in [6.45, 7) is 0. The molecule has 5 nitrogen and oxygen atoms in total. The van der Waals surface area contributed by atoms with E-state index < -0.39 is 5.41 Å². The standard InChI is InChI=1S/C58H34N4O/c1-3-15-35(16-4-1)37-28-30-53-46(31-37)43-29-27-38(32-54(43)63-53)56-59-55(36-17-5-2-6-18-36)60-57(61-56)62-51-26-14-10-22-42(51)45-33-44-41-21-9-13-25-49(41)58(50(44)34-52(45)62)47-23-11-7-19-39(47)40-20-8-12-24-48(40)58/h1-34H. The first-order chi connectivity index (χ1) is 31.2. The minimum absolute atomic E-state index is 0.488. The molecule has 0 saturated heterocycles. The quantitative estimate of drug-likeness (QED) is 0.178. The molecule has 5 heteroatoms. The maximum Gasteiger partial charge on any atom is 0.238 e. The third-order valence-corrected chi connectivity index (χ3v) is 13.5. The average Bonchev–Trinajstić information content (AvgIpc) is 4.07. The van der Waals surface area contributed by atoms with Gasteiger partial charge >= 0.3 is 0 Å². The molecule has 1 spiro atoms. The third-order valence-electron chi connectivity index (χ3n) is 13.5. The lowest BCUT2D eigenvalue weighted by molar-refractivity contribution is 0.669. The summed E-state index contributed by atoms with van der Waals surface area (Å²) in [6.07, 6.45) is 0. The highest BCUT2D eigenvalue weighted by Gasteiger charge is 2.51. The van der Waals surface area contributed by atoms with Gasteiger partial charge in [-0.3, -0.25) is 4.57 Å². The van der Waals surface area contributed by atoms with Gasteiger partial charge in [-0.2, -0.15) is 9.97 Å². The fourth-order valence-corrected chi connectivity index (χ4v) is 10.8. The Kier molecular flexibility index (Phi) is 6.97. The molecule has 0 amide bonds. The van der Waals surface area contributed by atoms with Crippen molar-refractivity contribution in [1.82, 2.24) is 19.5 Å². The molecule has 0 fully saturated rings. The van der Waals surface area contributed by atoms with Gasteiger partial charge in [-0.1, -0.05) is 164 Å². The third kappa shape index (κ3) is 4.73. The van der Waals surface area contributed by atoms with Crippen LogP contribution in [0.4, 0.5) is 0 Å². The lowest BCUT2D eigenvalue weighted by Gasteiger charge is -2.30. The first-order valence-electron chi connectivity index (χ1n) is 21.4.